The third-order valence-electron chi connectivity index (χ3n) is 3.58. The second-order valence-corrected chi connectivity index (χ2v) is 7.21. The first-order valence-corrected chi connectivity index (χ1v) is 9.25. The van der Waals surface area contributed by atoms with E-state index in [4.69, 9.17) is 9.47 Å². The van der Waals surface area contributed by atoms with E-state index in [1.54, 1.807) is 36.3 Å². The highest BCUT2D eigenvalue weighted by molar-refractivity contribution is 7.92. The molecule has 0 spiro atoms. The average molecular weight is 342 g/mol. The van der Waals surface area contributed by atoms with Gasteiger partial charge in [0.25, 0.3) is 5.91 Å². The zero-order valence-electron chi connectivity index (χ0n) is 13.3. The van der Waals surface area contributed by atoms with E-state index in [-0.39, 0.29) is 11.9 Å². The number of hydrogen-bond acceptors (Lipinski definition) is 5. The molecule has 1 amide bonds. The summed E-state index contributed by atoms with van der Waals surface area (Å²) in [4.78, 5) is 14.5. The number of nitrogens with one attached hydrogen (secondary N) is 1. The highest BCUT2D eigenvalue weighted by Crippen LogP contribution is 2.17. The van der Waals surface area contributed by atoms with E-state index in [0.717, 1.165) is 12.7 Å². The van der Waals surface area contributed by atoms with Crippen LogP contribution in [0, 0.1) is 0 Å². The molecule has 23 heavy (non-hydrogen) atoms. The molecule has 1 aliphatic heterocycles. The molecule has 0 aromatic heterocycles. The summed E-state index contributed by atoms with van der Waals surface area (Å²) in [7, 11) is -1.70. The van der Waals surface area contributed by atoms with Gasteiger partial charge in [-0.2, -0.15) is 0 Å². The van der Waals surface area contributed by atoms with E-state index in [9.17, 15) is 13.2 Å². The number of rotatable bonds is 6. The van der Waals surface area contributed by atoms with E-state index in [1.807, 2.05) is 0 Å². The molecule has 2 rings (SSSR count). The Morgan fingerprint density at radius 1 is 1.39 bits per heavy atom. The zero-order chi connectivity index (χ0) is 16.9. The molecule has 1 fully saturated rings. The van der Waals surface area contributed by atoms with Crippen LogP contribution in [0.1, 0.15) is 16.8 Å². The summed E-state index contributed by atoms with van der Waals surface area (Å²) >= 11 is 0. The number of ether oxygens (including phenoxy) is 2. The number of hydrogen-bond donors (Lipinski definition) is 1. The Balaban J connectivity index is 2.08. The Kier molecular flexibility index (Phi) is 5.97. The molecule has 0 bridgehead atoms. The zero-order valence-corrected chi connectivity index (χ0v) is 14.1. The lowest BCUT2D eigenvalue weighted by Gasteiger charge is -2.35. The van der Waals surface area contributed by atoms with Crippen LogP contribution in [-0.4, -0.2) is 65.0 Å². The van der Waals surface area contributed by atoms with Gasteiger partial charge in [0.05, 0.1) is 25.5 Å². The van der Waals surface area contributed by atoms with E-state index in [0.29, 0.717) is 37.6 Å². The number of methoxy groups -OCH3 is 1. The van der Waals surface area contributed by atoms with Crippen molar-refractivity contribution in [1.29, 1.82) is 0 Å². The van der Waals surface area contributed by atoms with Crippen LogP contribution >= 0.6 is 0 Å². The molecule has 1 saturated heterocycles. The number of carbonyl (C=O) groups excluding carboxylic acids is 1. The summed E-state index contributed by atoms with van der Waals surface area (Å²) < 4.78 is 35.3. The van der Waals surface area contributed by atoms with Crippen molar-refractivity contribution in [2.24, 2.45) is 0 Å². The molecular weight excluding hydrogens is 320 g/mol. The SMILES string of the molecule is COCCC1COCCN1C(=O)c1ccc(NS(C)(=O)=O)cc1. The Hall–Kier alpha value is -1.64. The van der Waals surface area contributed by atoms with Crippen LogP contribution in [0.4, 0.5) is 5.69 Å². The molecule has 1 aromatic carbocycles. The van der Waals surface area contributed by atoms with Gasteiger partial charge in [0.2, 0.25) is 10.0 Å². The maximum Gasteiger partial charge on any atom is 0.254 e. The van der Waals surface area contributed by atoms with Crippen molar-refractivity contribution in [1.82, 2.24) is 4.90 Å². The lowest BCUT2D eigenvalue weighted by molar-refractivity contribution is -0.0104. The Labute approximate surface area is 136 Å². The molecule has 8 heteroatoms. The maximum atomic E-state index is 12.7. The number of sulfonamides is 1. The summed E-state index contributed by atoms with van der Waals surface area (Å²) in [6, 6.07) is 6.40. The van der Waals surface area contributed by atoms with Gasteiger partial charge < -0.3 is 14.4 Å². The third-order valence-corrected chi connectivity index (χ3v) is 4.19. The van der Waals surface area contributed by atoms with Crippen LogP contribution in [0.3, 0.4) is 0 Å². The molecule has 7 nitrogen and oxygen atoms in total. The molecule has 1 N–H and O–H groups in total. The topological polar surface area (TPSA) is 84.9 Å². The van der Waals surface area contributed by atoms with Crippen LogP contribution in [-0.2, 0) is 19.5 Å². The first-order valence-electron chi connectivity index (χ1n) is 7.36. The summed E-state index contributed by atoms with van der Waals surface area (Å²) in [6.45, 7) is 2.12. The summed E-state index contributed by atoms with van der Waals surface area (Å²) in [6.07, 6.45) is 1.80. The van der Waals surface area contributed by atoms with Crippen molar-refractivity contribution in [3.05, 3.63) is 29.8 Å². The van der Waals surface area contributed by atoms with Crippen molar-refractivity contribution < 1.29 is 22.7 Å². The van der Waals surface area contributed by atoms with Crippen LogP contribution in [0.2, 0.25) is 0 Å². The van der Waals surface area contributed by atoms with Gasteiger partial charge in [-0.3, -0.25) is 9.52 Å². The number of anilines is 1. The van der Waals surface area contributed by atoms with Crippen LogP contribution in [0.15, 0.2) is 24.3 Å². The number of nitrogens with zero attached hydrogens (tertiary/aromatic N) is 1. The molecule has 0 saturated carbocycles. The summed E-state index contributed by atoms with van der Waals surface area (Å²) in [5, 5.41) is 0. The Morgan fingerprint density at radius 3 is 2.70 bits per heavy atom. The molecular formula is C15H22N2O5S. The van der Waals surface area contributed by atoms with Crippen molar-refractivity contribution in [2.75, 3.05) is 44.5 Å². The quantitative estimate of drug-likeness (QED) is 0.831. The van der Waals surface area contributed by atoms with E-state index in [2.05, 4.69) is 4.72 Å². The molecule has 1 unspecified atom stereocenters. The largest absolute Gasteiger partial charge is 0.385 e. The van der Waals surface area contributed by atoms with Gasteiger partial charge in [0.15, 0.2) is 0 Å². The monoisotopic (exact) mass is 342 g/mol. The fraction of sp³-hybridized carbons (Fsp3) is 0.533. The summed E-state index contributed by atoms with van der Waals surface area (Å²) in [5.74, 6) is -0.0830. The van der Waals surface area contributed by atoms with Crippen molar-refractivity contribution in [3.8, 4) is 0 Å². The lowest BCUT2D eigenvalue weighted by Crippen LogP contribution is -2.49. The highest BCUT2D eigenvalue weighted by atomic mass is 32.2. The van der Waals surface area contributed by atoms with Crippen LogP contribution in [0.5, 0.6) is 0 Å². The first-order chi connectivity index (χ1) is 10.9. The number of benzene rings is 1. The minimum absolute atomic E-state index is 0.00924. The Morgan fingerprint density at radius 2 is 2.09 bits per heavy atom. The van der Waals surface area contributed by atoms with Crippen LogP contribution in [0.25, 0.3) is 0 Å². The van der Waals surface area contributed by atoms with Gasteiger partial charge >= 0.3 is 0 Å². The molecule has 1 aromatic rings. The number of amides is 1. The first kappa shape index (κ1) is 17.7. The van der Waals surface area contributed by atoms with Gasteiger partial charge in [0.1, 0.15) is 0 Å². The predicted molar refractivity (Wildman–Crippen MR) is 87.0 cm³/mol. The fourth-order valence-corrected chi connectivity index (χ4v) is 3.04. The standard InChI is InChI=1S/C15H22N2O5S/c1-21-9-7-14-11-22-10-8-17(14)15(18)12-3-5-13(6-4-12)16-23(2,19)20/h3-6,14,16H,7-11H2,1-2H3. The van der Waals surface area contributed by atoms with Gasteiger partial charge in [-0.25, -0.2) is 8.42 Å². The molecule has 1 aliphatic rings. The molecule has 0 radical (unpaired) electrons. The number of carbonyl (C=O) groups is 1. The van der Waals surface area contributed by atoms with Gasteiger partial charge in [-0.15, -0.1) is 0 Å². The molecule has 1 atom stereocenters. The Bertz CT molecular complexity index is 630. The van der Waals surface area contributed by atoms with Crippen LogP contribution < -0.4 is 4.72 Å². The van der Waals surface area contributed by atoms with E-state index >= 15 is 0 Å². The van der Waals surface area contributed by atoms with Gasteiger partial charge in [-0.05, 0) is 30.7 Å². The van der Waals surface area contributed by atoms with Gasteiger partial charge in [0, 0.05) is 31.5 Å². The smallest absolute Gasteiger partial charge is 0.254 e. The maximum absolute atomic E-state index is 12.7. The number of morpholine rings is 1. The molecule has 128 valence electrons. The van der Waals surface area contributed by atoms with E-state index in [1.165, 1.54) is 0 Å². The van der Waals surface area contributed by atoms with Crippen molar-refractivity contribution >= 4 is 21.6 Å². The predicted octanol–water partition coefficient (Wildman–Crippen LogP) is 0.936. The van der Waals surface area contributed by atoms with E-state index < -0.39 is 10.0 Å². The summed E-state index contributed by atoms with van der Waals surface area (Å²) in [5.41, 5.74) is 0.954. The second-order valence-electron chi connectivity index (χ2n) is 5.46. The normalized spacial score (nSPS) is 18.7. The lowest BCUT2D eigenvalue weighted by atomic mass is 10.1. The average Bonchev–Trinajstić information content (AvgIpc) is 2.52. The van der Waals surface area contributed by atoms with Crippen molar-refractivity contribution in [3.63, 3.8) is 0 Å². The minimum Gasteiger partial charge on any atom is -0.385 e. The van der Waals surface area contributed by atoms with Crippen molar-refractivity contribution in [2.45, 2.75) is 12.5 Å². The third kappa shape index (κ3) is 5.19. The van der Waals surface area contributed by atoms with Gasteiger partial charge in [-0.1, -0.05) is 0 Å². The fourth-order valence-electron chi connectivity index (χ4n) is 2.48. The minimum atomic E-state index is -3.33. The highest BCUT2D eigenvalue weighted by Gasteiger charge is 2.27. The second kappa shape index (κ2) is 7.76. The molecule has 0 aliphatic carbocycles. The molecule has 1 heterocycles.